The number of rotatable bonds is 7. The lowest BCUT2D eigenvalue weighted by Gasteiger charge is -2.28. The zero-order chi connectivity index (χ0) is 16.0. The number of benzene rings is 1. The molecule has 0 atom stereocenters. The molecular weight excluding hydrogens is 280 g/mol. The van der Waals surface area contributed by atoms with Crippen LogP contribution in [-0.2, 0) is 0 Å². The molecule has 1 rings (SSSR count). The smallest absolute Gasteiger partial charge is 0.252 e. The summed E-state index contributed by atoms with van der Waals surface area (Å²) in [5.41, 5.74) is 0.830. The fourth-order valence-electron chi connectivity index (χ4n) is 2.34. The van der Waals surface area contributed by atoms with Crippen molar-refractivity contribution in [2.45, 2.75) is 37.8 Å². The molecule has 0 bridgehead atoms. The first-order valence-corrected chi connectivity index (χ1v) is 8.28. The molecule has 0 spiro atoms. The lowest BCUT2D eigenvalue weighted by molar-refractivity contribution is 0.0926. The Labute approximate surface area is 133 Å². The highest BCUT2D eigenvalue weighted by Crippen LogP contribution is 2.26. The lowest BCUT2D eigenvalue weighted by atomic mass is 9.93. The van der Waals surface area contributed by atoms with Gasteiger partial charge in [0, 0.05) is 23.2 Å². The van der Waals surface area contributed by atoms with Crippen molar-refractivity contribution < 1.29 is 4.79 Å². The van der Waals surface area contributed by atoms with Gasteiger partial charge < -0.3 is 10.2 Å². The molecule has 0 saturated carbocycles. The van der Waals surface area contributed by atoms with Crippen LogP contribution in [0.25, 0.3) is 0 Å². The van der Waals surface area contributed by atoms with E-state index in [2.05, 4.69) is 52.0 Å². The highest BCUT2D eigenvalue weighted by molar-refractivity contribution is 8.00. The van der Waals surface area contributed by atoms with Crippen LogP contribution < -0.4 is 5.32 Å². The van der Waals surface area contributed by atoms with Crippen LogP contribution in [0, 0.1) is 5.41 Å². The van der Waals surface area contributed by atoms with Crippen LogP contribution in [0.4, 0.5) is 0 Å². The number of hydrogen-bond donors (Lipinski definition) is 1. The zero-order valence-corrected chi connectivity index (χ0v) is 14.9. The molecule has 0 heterocycles. The topological polar surface area (TPSA) is 32.3 Å². The van der Waals surface area contributed by atoms with E-state index in [1.807, 2.05) is 24.3 Å². The van der Waals surface area contributed by atoms with Gasteiger partial charge in [-0.3, -0.25) is 4.79 Å². The van der Waals surface area contributed by atoms with E-state index >= 15 is 0 Å². The number of carbonyl (C=O) groups excluding carboxylic acids is 1. The molecule has 1 amide bonds. The van der Waals surface area contributed by atoms with E-state index in [1.54, 1.807) is 11.8 Å². The standard InChI is InChI=1S/C17H28N2OS/c1-13(2)21-15-10-8-7-9-14(15)16(20)18-11-17(3,4)12-19(5)6/h7-10,13H,11-12H2,1-6H3,(H,18,20). The second kappa shape index (κ2) is 7.85. The van der Waals surface area contributed by atoms with Crippen molar-refractivity contribution in [3.8, 4) is 0 Å². The first kappa shape index (κ1) is 18.1. The van der Waals surface area contributed by atoms with Crippen LogP contribution in [0.1, 0.15) is 38.1 Å². The average molecular weight is 308 g/mol. The quantitative estimate of drug-likeness (QED) is 0.782. The molecule has 0 radical (unpaired) electrons. The SMILES string of the molecule is CC(C)Sc1ccccc1C(=O)NCC(C)(C)CN(C)C. The molecule has 1 aromatic rings. The summed E-state index contributed by atoms with van der Waals surface area (Å²) in [6, 6.07) is 7.82. The maximum atomic E-state index is 12.4. The lowest BCUT2D eigenvalue weighted by Crippen LogP contribution is -2.40. The molecule has 1 N–H and O–H groups in total. The van der Waals surface area contributed by atoms with Gasteiger partial charge in [-0.15, -0.1) is 11.8 Å². The summed E-state index contributed by atoms with van der Waals surface area (Å²) in [4.78, 5) is 15.6. The fourth-order valence-corrected chi connectivity index (χ4v) is 3.29. The molecule has 0 saturated heterocycles. The summed E-state index contributed by atoms with van der Waals surface area (Å²) in [7, 11) is 4.11. The Kier molecular flexibility index (Phi) is 6.75. The molecule has 0 aliphatic carbocycles. The third kappa shape index (κ3) is 6.53. The van der Waals surface area contributed by atoms with Gasteiger partial charge in [0.25, 0.3) is 5.91 Å². The van der Waals surface area contributed by atoms with Gasteiger partial charge in [-0.25, -0.2) is 0 Å². The second-order valence-corrected chi connectivity index (χ2v) is 8.37. The highest BCUT2D eigenvalue weighted by Gasteiger charge is 2.21. The van der Waals surface area contributed by atoms with Crippen molar-refractivity contribution in [2.24, 2.45) is 5.41 Å². The third-order valence-electron chi connectivity index (χ3n) is 2.97. The molecule has 21 heavy (non-hydrogen) atoms. The van der Waals surface area contributed by atoms with Crippen LogP contribution in [0.15, 0.2) is 29.2 Å². The van der Waals surface area contributed by atoms with E-state index < -0.39 is 0 Å². The van der Waals surface area contributed by atoms with Crippen LogP contribution in [0.3, 0.4) is 0 Å². The van der Waals surface area contributed by atoms with E-state index in [0.717, 1.165) is 17.0 Å². The van der Waals surface area contributed by atoms with Crippen molar-refractivity contribution in [1.29, 1.82) is 0 Å². The molecular formula is C17H28N2OS. The molecule has 0 fully saturated rings. The van der Waals surface area contributed by atoms with E-state index in [4.69, 9.17) is 0 Å². The summed E-state index contributed by atoms with van der Waals surface area (Å²) in [5, 5.41) is 3.54. The van der Waals surface area contributed by atoms with Gasteiger partial charge in [-0.2, -0.15) is 0 Å². The Bertz CT molecular complexity index is 470. The number of thioether (sulfide) groups is 1. The average Bonchev–Trinajstić information content (AvgIpc) is 2.34. The maximum absolute atomic E-state index is 12.4. The zero-order valence-electron chi connectivity index (χ0n) is 14.1. The van der Waals surface area contributed by atoms with Gasteiger partial charge in [0.15, 0.2) is 0 Å². The Balaban J connectivity index is 2.72. The van der Waals surface area contributed by atoms with Crippen LogP contribution in [-0.4, -0.2) is 43.2 Å². The molecule has 0 aliphatic heterocycles. The molecule has 0 aromatic heterocycles. The van der Waals surface area contributed by atoms with Gasteiger partial charge in [0.2, 0.25) is 0 Å². The summed E-state index contributed by atoms with van der Waals surface area (Å²) in [5.74, 6) is 0.0191. The van der Waals surface area contributed by atoms with Crippen molar-refractivity contribution in [2.75, 3.05) is 27.2 Å². The second-order valence-electron chi connectivity index (χ2n) is 6.75. The van der Waals surface area contributed by atoms with Crippen molar-refractivity contribution >= 4 is 17.7 Å². The molecule has 0 aliphatic rings. The third-order valence-corrected chi connectivity index (χ3v) is 4.05. The number of hydrogen-bond acceptors (Lipinski definition) is 3. The molecule has 0 unspecified atom stereocenters. The normalized spacial score (nSPS) is 12.0. The van der Waals surface area contributed by atoms with Crippen LogP contribution in [0.2, 0.25) is 0 Å². The van der Waals surface area contributed by atoms with Gasteiger partial charge >= 0.3 is 0 Å². The number of nitrogens with zero attached hydrogens (tertiary/aromatic N) is 1. The number of amides is 1. The molecule has 1 aromatic carbocycles. The Morgan fingerprint density at radius 2 is 1.90 bits per heavy atom. The van der Waals surface area contributed by atoms with Gasteiger partial charge in [-0.1, -0.05) is 39.8 Å². The predicted octanol–water partition coefficient (Wildman–Crippen LogP) is 3.50. The van der Waals surface area contributed by atoms with Crippen LogP contribution >= 0.6 is 11.8 Å². The van der Waals surface area contributed by atoms with Gasteiger partial charge in [0.05, 0.1) is 5.56 Å². The Morgan fingerprint density at radius 3 is 2.48 bits per heavy atom. The summed E-state index contributed by atoms with van der Waals surface area (Å²) < 4.78 is 0. The van der Waals surface area contributed by atoms with Gasteiger partial charge in [-0.05, 0) is 31.6 Å². The summed E-state index contributed by atoms with van der Waals surface area (Å²) in [6.07, 6.45) is 0. The van der Waals surface area contributed by atoms with Crippen molar-refractivity contribution in [1.82, 2.24) is 10.2 Å². The van der Waals surface area contributed by atoms with Crippen molar-refractivity contribution in [3.05, 3.63) is 29.8 Å². The summed E-state index contributed by atoms with van der Waals surface area (Å²) in [6.45, 7) is 10.2. The minimum atomic E-state index is 0.0191. The number of nitrogens with one attached hydrogen (secondary N) is 1. The number of carbonyl (C=O) groups is 1. The van der Waals surface area contributed by atoms with Crippen molar-refractivity contribution in [3.63, 3.8) is 0 Å². The first-order chi connectivity index (χ1) is 9.71. The van der Waals surface area contributed by atoms with Crippen LogP contribution in [0.5, 0.6) is 0 Å². The van der Waals surface area contributed by atoms with E-state index in [1.165, 1.54) is 0 Å². The van der Waals surface area contributed by atoms with E-state index in [-0.39, 0.29) is 11.3 Å². The van der Waals surface area contributed by atoms with E-state index in [0.29, 0.717) is 11.8 Å². The molecule has 118 valence electrons. The minimum absolute atomic E-state index is 0.0191. The fraction of sp³-hybridized carbons (Fsp3) is 0.588. The first-order valence-electron chi connectivity index (χ1n) is 7.40. The highest BCUT2D eigenvalue weighted by atomic mass is 32.2. The summed E-state index contributed by atoms with van der Waals surface area (Å²) >= 11 is 1.73. The van der Waals surface area contributed by atoms with Gasteiger partial charge in [0.1, 0.15) is 0 Å². The predicted molar refractivity (Wildman–Crippen MR) is 92.1 cm³/mol. The minimum Gasteiger partial charge on any atom is -0.351 e. The largest absolute Gasteiger partial charge is 0.351 e. The monoisotopic (exact) mass is 308 g/mol. The molecule has 4 heteroatoms. The van der Waals surface area contributed by atoms with E-state index in [9.17, 15) is 4.79 Å². The molecule has 3 nitrogen and oxygen atoms in total. The Morgan fingerprint density at radius 1 is 1.29 bits per heavy atom. The maximum Gasteiger partial charge on any atom is 0.252 e. The Hall–Kier alpha value is -1.00.